The van der Waals surface area contributed by atoms with E-state index < -0.39 is 6.67 Å². The van der Waals surface area contributed by atoms with Crippen LogP contribution in [-0.4, -0.2) is 6.67 Å². The molecule has 0 fully saturated rings. The topological polar surface area (TPSA) is 0 Å². The monoisotopic (exact) mass is 281 g/mol. The third kappa shape index (κ3) is 1.94. The third-order valence-electron chi connectivity index (χ3n) is 1.61. The first-order valence-corrected chi connectivity index (χ1v) is 4.57. The quantitative estimate of drug-likeness (QED) is 0.729. The van der Waals surface area contributed by atoms with E-state index in [4.69, 9.17) is 0 Å². The van der Waals surface area contributed by atoms with E-state index in [0.29, 0.717) is 15.1 Å². The lowest BCUT2D eigenvalue weighted by atomic mass is 10.0. The minimum Gasteiger partial charge on any atom is -0.250 e. The molecule has 12 heavy (non-hydrogen) atoms. The fraction of sp³-hybridized carbons (Fsp3) is 0.222. The highest BCUT2D eigenvalue weighted by atomic mass is 127. The molecule has 0 bridgehead atoms. The minimum absolute atomic E-state index is 0.326. The van der Waals surface area contributed by atoms with Gasteiger partial charge in [0.1, 0.15) is 5.82 Å². The van der Waals surface area contributed by atoms with Crippen molar-refractivity contribution in [3.8, 4) is 0 Å². The van der Waals surface area contributed by atoms with Crippen molar-refractivity contribution in [1.82, 2.24) is 0 Å². The fourth-order valence-electron chi connectivity index (χ4n) is 0.905. The summed E-state index contributed by atoms with van der Waals surface area (Å²) in [6, 6.07) is 4.97. The maximum absolute atomic E-state index is 13.2. The van der Waals surface area contributed by atoms with E-state index in [9.17, 15) is 8.78 Å². The fourth-order valence-corrected chi connectivity index (χ4v) is 1.40. The second kappa shape index (κ2) is 4.16. The van der Waals surface area contributed by atoms with E-state index in [-0.39, 0.29) is 5.82 Å². The highest BCUT2D eigenvalue weighted by Crippen LogP contribution is 2.21. The molecule has 0 spiro atoms. The maximum Gasteiger partial charge on any atom is 0.140 e. The normalized spacial score (nSPS) is 10.8. The van der Waals surface area contributed by atoms with Crippen molar-refractivity contribution in [2.24, 2.45) is 0 Å². The third-order valence-corrected chi connectivity index (χ3v) is 2.44. The molecule has 3 heteroatoms. The average molecular weight is 281 g/mol. The summed E-state index contributed by atoms with van der Waals surface area (Å²) in [6.45, 7) is 0.992. The van der Waals surface area contributed by atoms with Gasteiger partial charge < -0.3 is 0 Å². The molecule has 0 aliphatic heterocycles. The summed E-state index contributed by atoms with van der Waals surface area (Å²) >= 11 is 1.89. The Morgan fingerprint density at radius 2 is 2.17 bits per heavy atom. The van der Waals surface area contributed by atoms with Crippen LogP contribution in [0, 0.1) is 15.3 Å². The minimum atomic E-state index is -0.600. The van der Waals surface area contributed by atoms with Gasteiger partial charge >= 0.3 is 0 Å². The van der Waals surface area contributed by atoms with Crippen LogP contribution in [0.25, 0.3) is 0 Å². The largest absolute Gasteiger partial charge is 0.250 e. The molecule has 1 aromatic rings. The number of benzene rings is 1. The summed E-state index contributed by atoms with van der Waals surface area (Å²) in [7, 11) is 0. The van der Waals surface area contributed by atoms with Crippen molar-refractivity contribution < 1.29 is 8.78 Å². The summed E-state index contributed by atoms with van der Waals surface area (Å²) in [5, 5.41) is 0. The van der Waals surface area contributed by atoms with E-state index in [2.05, 4.69) is 0 Å². The van der Waals surface area contributed by atoms with Gasteiger partial charge in [0, 0.05) is 9.49 Å². The molecular formula is C9H8F2I. The van der Waals surface area contributed by atoms with Gasteiger partial charge in [-0.05, 0) is 34.2 Å². The molecule has 0 aliphatic carbocycles. The molecule has 0 saturated carbocycles. The van der Waals surface area contributed by atoms with E-state index >= 15 is 0 Å². The molecule has 0 heterocycles. The van der Waals surface area contributed by atoms with E-state index in [0.717, 1.165) is 0 Å². The molecule has 1 radical (unpaired) electrons. The number of hydrogen-bond acceptors (Lipinski definition) is 0. The van der Waals surface area contributed by atoms with Gasteiger partial charge in [-0.15, -0.1) is 0 Å². The van der Waals surface area contributed by atoms with Gasteiger partial charge in [-0.25, -0.2) is 4.39 Å². The highest BCUT2D eigenvalue weighted by Gasteiger charge is 2.12. The van der Waals surface area contributed by atoms with Gasteiger partial charge in [-0.2, -0.15) is 0 Å². The summed E-state index contributed by atoms with van der Waals surface area (Å²) in [5.74, 6) is 0.110. The molecule has 0 atom stereocenters. The van der Waals surface area contributed by atoms with E-state index in [1.807, 2.05) is 22.6 Å². The van der Waals surface area contributed by atoms with Crippen LogP contribution in [0.3, 0.4) is 0 Å². The molecule has 0 aliphatic rings. The van der Waals surface area contributed by atoms with Crippen molar-refractivity contribution in [3.63, 3.8) is 0 Å². The first kappa shape index (κ1) is 9.89. The smallest absolute Gasteiger partial charge is 0.140 e. The SMILES string of the molecule is C[C](CF)c1cccc(I)c1F. The molecule has 1 aromatic carbocycles. The molecule has 0 N–H and O–H groups in total. The van der Waals surface area contributed by atoms with Crippen molar-refractivity contribution in [3.05, 3.63) is 39.1 Å². The molecule has 65 valence electrons. The van der Waals surface area contributed by atoms with Crippen LogP contribution in [-0.2, 0) is 0 Å². The zero-order valence-electron chi connectivity index (χ0n) is 6.57. The summed E-state index contributed by atoms with van der Waals surface area (Å²) in [4.78, 5) is 0. The summed E-state index contributed by atoms with van der Waals surface area (Å²) < 4.78 is 25.9. The maximum atomic E-state index is 13.2. The molecule has 0 saturated heterocycles. The van der Waals surface area contributed by atoms with Crippen molar-refractivity contribution in [2.75, 3.05) is 6.67 Å². The van der Waals surface area contributed by atoms with Gasteiger partial charge in [0.15, 0.2) is 0 Å². The molecule has 0 amide bonds. The molecule has 0 aromatic heterocycles. The first-order chi connectivity index (χ1) is 5.66. The van der Waals surface area contributed by atoms with Crippen molar-refractivity contribution >= 4 is 22.6 Å². The van der Waals surface area contributed by atoms with Crippen LogP contribution in [0.4, 0.5) is 8.78 Å². The Morgan fingerprint density at radius 1 is 1.50 bits per heavy atom. The standard InChI is InChI=1S/C9H8F2I/c1-6(5-10)7-3-2-4-8(12)9(7)11/h2-4H,5H2,1H3. The Labute approximate surface area is 84.1 Å². The lowest BCUT2D eigenvalue weighted by Gasteiger charge is -2.08. The molecular weight excluding hydrogens is 273 g/mol. The number of rotatable bonds is 2. The Morgan fingerprint density at radius 3 is 2.75 bits per heavy atom. The van der Waals surface area contributed by atoms with Crippen LogP contribution in [0.15, 0.2) is 18.2 Å². The zero-order valence-corrected chi connectivity index (χ0v) is 8.73. The molecule has 0 nitrogen and oxygen atoms in total. The Bertz CT molecular complexity index is 273. The lowest BCUT2D eigenvalue weighted by molar-refractivity contribution is 0.506. The van der Waals surface area contributed by atoms with E-state index in [1.54, 1.807) is 25.1 Å². The number of hydrogen-bond donors (Lipinski definition) is 0. The Kier molecular flexibility index (Phi) is 3.43. The van der Waals surface area contributed by atoms with Gasteiger partial charge in [0.25, 0.3) is 0 Å². The second-order valence-electron chi connectivity index (χ2n) is 2.52. The number of alkyl halides is 1. The Hall–Kier alpha value is -0.190. The van der Waals surface area contributed by atoms with Crippen LogP contribution in [0.5, 0.6) is 0 Å². The van der Waals surface area contributed by atoms with Gasteiger partial charge in [0.05, 0.1) is 6.67 Å². The average Bonchev–Trinajstić information content (AvgIpc) is 2.08. The zero-order chi connectivity index (χ0) is 9.14. The van der Waals surface area contributed by atoms with Crippen LogP contribution in [0.1, 0.15) is 12.5 Å². The van der Waals surface area contributed by atoms with Crippen LogP contribution in [0.2, 0.25) is 0 Å². The van der Waals surface area contributed by atoms with Crippen LogP contribution < -0.4 is 0 Å². The van der Waals surface area contributed by atoms with Crippen LogP contribution >= 0.6 is 22.6 Å². The molecule has 0 unspecified atom stereocenters. The predicted molar refractivity (Wildman–Crippen MR) is 53.1 cm³/mol. The van der Waals surface area contributed by atoms with Gasteiger partial charge in [-0.1, -0.05) is 19.1 Å². The summed E-state index contributed by atoms with van der Waals surface area (Å²) in [5.41, 5.74) is 0.379. The van der Waals surface area contributed by atoms with Gasteiger partial charge in [-0.3, -0.25) is 4.39 Å². The number of halogens is 3. The Balaban J connectivity index is 3.07. The first-order valence-electron chi connectivity index (χ1n) is 3.49. The van der Waals surface area contributed by atoms with Crippen molar-refractivity contribution in [1.29, 1.82) is 0 Å². The lowest BCUT2D eigenvalue weighted by Crippen LogP contribution is -2.01. The van der Waals surface area contributed by atoms with E-state index in [1.165, 1.54) is 0 Å². The second-order valence-corrected chi connectivity index (χ2v) is 3.68. The van der Waals surface area contributed by atoms with Crippen molar-refractivity contribution in [2.45, 2.75) is 6.92 Å². The van der Waals surface area contributed by atoms with Gasteiger partial charge in [0.2, 0.25) is 0 Å². The predicted octanol–water partition coefficient (Wildman–Crippen LogP) is 3.34. The summed E-state index contributed by atoms with van der Waals surface area (Å²) in [6.07, 6.45) is 0. The highest BCUT2D eigenvalue weighted by molar-refractivity contribution is 14.1. The molecule has 1 rings (SSSR count).